The Hall–Kier alpha value is -12.7. The van der Waals surface area contributed by atoms with Crippen LogP contribution < -0.4 is 72.9 Å². The van der Waals surface area contributed by atoms with Crippen molar-refractivity contribution in [3.8, 4) is 23.0 Å². The summed E-state index contributed by atoms with van der Waals surface area (Å²) >= 11 is -2.70. The smallest absolute Gasteiger partial charge is 0.326 e. The number of rotatable bonds is 58. The number of ether oxygens (including phenoxy) is 2. The Morgan fingerprint density at radius 2 is 0.912 bits per heavy atom. The summed E-state index contributed by atoms with van der Waals surface area (Å²) in [5.74, 6) is -14.7. The Balaban J connectivity index is 1.20. The van der Waals surface area contributed by atoms with Gasteiger partial charge in [0.05, 0.1) is 53.9 Å². The zero-order chi connectivity index (χ0) is 90.8. The van der Waals surface area contributed by atoms with Crippen molar-refractivity contribution in [2.45, 2.75) is 166 Å². The van der Waals surface area contributed by atoms with Gasteiger partial charge in [0.25, 0.3) is 17.2 Å². The first-order valence-electron chi connectivity index (χ1n) is 41.6. The molecule has 7 aromatic carbocycles. The van der Waals surface area contributed by atoms with Gasteiger partial charge in [-0.2, -0.15) is 0 Å². The van der Waals surface area contributed by atoms with Crippen LogP contribution in [0.25, 0.3) is 0 Å². The first-order valence-corrected chi connectivity index (χ1v) is 44.2. The van der Waals surface area contributed by atoms with Gasteiger partial charge in [-0.3, -0.25) is 68.0 Å². The van der Waals surface area contributed by atoms with Crippen molar-refractivity contribution < 1.29 is 89.6 Å². The second-order valence-electron chi connectivity index (χ2n) is 30.4. The average molecular weight is 1760 g/mol. The molecule has 35 heteroatoms. The SMILES string of the molecule is CCCCNc1cc(C(=O)CC(CCCCNC(=O)c2cc(NCCCC)c(Oc3ccccc3)c(S(N)(=O)=O)c2)C(=O)N[C@@H](Cc2ccccc2)C(=O)C[C@@H](Cc2ccccc2)C(=O)N[C@@H](Cc2ccccc2)C(=O)C[C@@H](CCCNC(=N)N)C(=O)NCC(=O)C[C@@H](CC(=O)O)C(=O)N[C@@H](CCCNC(C)=N)C(=O)O)cc(NS(=O)O)c1Oc1ccccc1. The minimum atomic E-state index is -4.52. The monoisotopic (exact) mass is 1760 g/mol. The van der Waals surface area contributed by atoms with Gasteiger partial charge in [0.2, 0.25) is 33.7 Å². The van der Waals surface area contributed by atoms with Crippen molar-refractivity contribution >= 4 is 115 Å². The number of carboxylic acid groups (broad SMARTS) is 2. The molecule has 5 amide bonds. The molecule has 670 valence electrons. The number of carbonyl (C=O) groups is 11. The van der Waals surface area contributed by atoms with Crippen LogP contribution in [0.3, 0.4) is 0 Å². The summed E-state index contributed by atoms with van der Waals surface area (Å²) in [4.78, 5) is 156. The number of primary sulfonamides is 1. The molecular formula is C90H114N14O19S2. The van der Waals surface area contributed by atoms with Gasteiger partial charge in [0.1, 0.15) is 22.4 Å². The Bertz CT molecular complexity index is 4940. The molecule has 0 heterocycles. The lowest BCUT2D eigenvalue weighted by molar-refractivity contribution is -0.144. The standard InChI is InChI=1S/C90H114N14O19S2/c1-4-6-40-96-74-49-64(50-76(104-124(118)119)82(74)122-69-35-19-11-20-36-69)77(106)52-63(33-23-24-42-98-85(112)67-51-75(97-41-7-5-2)83(80(55-67)125(94,120)121)123-70-37-21-12-22-38-70)86(113)102-73(47-61-31-17-10-18-32-61)79(108)54-65(45-59-27-13-8-14-28-59)87(114)103-72(46-60-29-15-9-16-30-60)78(107)53-62(34-25-44-99-90(92)93)84(111)100-57-68(105)48-66(56-81(109)110)88(115)101-71(89(116)117)39-26-43-95-58(3)91/h8-22,27-32,35-38,49-51,55,62-63,65-66,71-73,96-97,104H,4-7,23-26,33-34,39-48,52-54,56-57H2,1-3H3,(H2,91,95)(H,98,112)(H,100,111)(H,101,115)(H,102,113)(H,103,114)(H,109,110)(H,116,117)(H,118,119)(H4,92,93,99)(H2,94,120,121)/t62-,63?,65-,66+,71+,72+,73+/m1/s1. The number of carbonyl (C=O) groups excluding carboxylic acids is 9. The van der Waals surface area contributed by atoms with Crippen LogP contribution in [0.15, 0.2) is 181 Å². The topological polar surface area (TPSA) is 538 Å². The van der Waals surface area contributed by atoms with E-state index >= 15 is 24.0 Å². The minimum Gasteiger partial charge on any atom is -0.481 e. The van der Waals surface area contributed by atoms with Crippen LogP contribution in [0, 0.1) is 34.5 Å². The number of nitrogens with two attached hydrogens (primary N) is 2. The summed E-state index contributed by atoms with van der Waals surface area (Å²) in [7, 11) is -4.52. The van der Waals surface area contributed by atoms with Crippen LogP contribution in [0.4, 0.5) is 17.1 Å². The van der Waals surface area contributed by atoms with E-state index in [-0.39, 0.29) is 135 Å². The van der Waals surface area contributed by atoms with Gasteiger partial charge in [-0.05, 0) is 143 Å². The van der Waals surface area contributed by atoms with E-state index in [9.17, 15) is 56.2 Å². The highest BCUT2D eigenvalue weighted by atomic mass is 32.2. The molecule has 0 fully saturated rings. The summed E-state index contributed by atoms with van der Waals surface area (Å²) in [6, 6.07) is 44.1. The van der Waals surface area contributed by atoms with Crippen LogP contribution >= 0.6 is 0 Å². The highest BCUT2D eigenvalue weighted by Gasteiger charge is 2.36. The fourth-order valence-corrected chi connectivity index (χ4v) is 14.8. The van der Waals surface area contributed by atoms with Crippen LogP contribution in [-0.4, -0.2) is 161 Å². The van der Waals surface area contributed by atoms with E-state index in [0.717, 1.165) is 18.9 Å². The molecule has 19 N–H and O–H groups in total. The van der Waals surface area contributed by atoms with Crippen molar-refractivity contribution in [1.29, 1.82) is 10.8 Å². The maximum absolute atomic E-state index is 15.6. The predicted molar refractivity (Wildman–Crippen MR) is 475 cm³/mol. The molecule has 2 unspecified atom stereocenters. The number of carboxylic acids is 2. The van der Waals surface area contributed by atoms with Gasteiger partial charge in [-0.1, -0.05) is 161 Å². The van der Waals surface area contributed by atoms with Crippen LogP contribution in [-0.2, 0) is 83.7 Å². The van der Waals surface area contributed by atoms with Gasteiger partial charge in [0.15, 0.2) is 40.6 Å². The van der Waals surface area contributed by atoms with Crippen LogP contribution in [0.2, 0.25) is 0 Å². The molecule has 0 aliphatic heterocycles. The number of anilines is 3. The third kappa shape index (κ3) is 35.2. The fraction of sp³-hybridized carbons (Fsp3) is 0.389. The number of nitrogens with one attached hydrogen (secondary N) is 12. The number of aliphatic carboxylic acids is 2. The lowest BCUT2D eigenvalue weighted by Crippen LogP contribution is -2.49. The molecule has 7 rings (SSSR count). The van der Waals surface area contributed by atoms with E-state index in [1.54, 1.807) is 152 Å². The van der Waals surface area contributed by atoms with E-state index < -0.39 is 171 Å². The van der Waals surface area contributed by atoms with E-state index in [1.807, 2.05) is 13.8 Å². The number of sulfonamides is 1. The summed E-state index contributed by atoms with van der Waals surface area (Å²) in [6.45, 7) is 5.68. The summed E-state index contributed by atoms with van der Waals surface area (Å²) in [6.07, 6.45) is -0.260. The Morgan fingerprint density at radius 1 is 0.464 bits per heavy atom. The quantitative estimate of drug-likeness (QED) is 0.00554. The zero-order valence-electron chi connectivity index (χ0n) is 70.3. The number of amidine groups is 1. The van der Waals surface area contributed by atoms with Crippen LogP contribution in [0.1, 0.15) is 161 Å². The van der Waals surface area contributed by atoms with Gasteiger partial charge in [-0.25, -0.2) is 22.6 Å². The molecule has 125 heavy (non-hydrogen) atoms. The second kappa shape index (κ2) is 52.0. The summed E-state index contributed by atoms with van der Waals surface area (Å²) in [5, 5.41) is 66.1. The van der Waals surface area contributed by atoms with Crippen molar-refractivity contribution in [2.75, 3.05) is 54.6 Å². The Morgan fingerprint density at radius 3 is 1.42 bits per heavy atom. The van der Waals surface area contributed by atoms with E-state index in [2.05, 4.69) is 52.6 Å². The maximum Gasteiger partial charge on any atom is 0.326 e. The number of unbranched alkanes of at least 4 members (excludes halogenated alkanes) is 3. The molecule has 33 nitrogen and oxygen atoms in total. The minimum absolute atomic E-state index is 0.00895. The maximum atomic E-state index is 15.6. The van der Waals surface area contributed by atoms with E-state index in [0.29, 0.717) is 54.1 Å². The molecule has 8 atom stereocenters. The molecule has 0 aliphatic carbocycles. The Kier molecular flexibility index (Phi) is 41.4. The number of amides is 5. The van der Waals surface area contributed by atoms with Crippen molar-refractivity contribution in [3.05, 3.63) is 204 Å². The Labute approximate surface area is 730 Å². The van der Waals surface area contributed by atoms with E-state index in [1.165, 1.54) is 25.1 Å². The fourth-order valence-electron chi connectivity index (χ4n) is 13.7. The molecule has 0 radical (unpaired) electrons. The van der Waals surface area contributed by atoms with Crippen LogP contribution in [0.5, 0.6) is 23.0 Å². The second-order valence-corrected chi connectivity index (χ2v) is 32.6. The zero-order valence-corrected chi connectivity index (χ0v) is 71.9. The molecule has 0 bridgehead atoms. The molecule has 0 aliphatic rings. The first-order chi connectivity index (χ1) is 59.9. The third-order valence-corrected chi connectivity index (χ3v) is 21.6. The summed E-state index contributed by atoms with van der Waals surface area (Å²) < 4.78 is 64.5. The molecule has 0 spiro atoms. The number of hydrogen-bond acceptors (Lipinski definition) is 20. The van der Waals surface area contributed by atoms with Gasteiger partial charge in [-0.15, -0.1) is 0 Å². The van der Waals surface area contributed by atoms with Crippen molar-refractivity contribution in [2.24, 2.45) is 34.5 Å². The lowest BCUT2D eigenvalue weighted by atomic mass is 9.87. The highest BCUT2D eigenvalue weighted by molar-refractivity contribution is 7.89. The summed E-state index contributed by atoms with van der Waals surface area (Å²) in [5.41, 5.74) is 7.65. The molecule has 0 saturated carbocycles. The van der Waals surface area contributed by atoms with Gasteiger partial charge < -0.3 is 73.3 Å². The average Bonchev–Trinajstić information content (AvgIpc) is 0.787. The number of ketones is 4. The molecule has 0 aromatic heterocycles. The number of benzene rings is 7. The normalized spacial score (nSPS) is 13.0. The third-order valence-electron chi connectivity index (χ3n) is 20.3. The van der Waals surface area contributed by atoms with Gasteiger partial charge in [0, 0.05) is 87.3 Å². The molecular weight excluding hydrogens is 1650 g/mol. The lowest BCUT2D eigenvalue weighted by Gasteiger charge is -2.26. The number of guanidine groups is 1. The predicted octanol–water partition coefficient (Wildman–Crippen LogP) is 9.89. The first kappa shape index (κ1) is 99.4. The van der Waals surface area contributed by atoms with E-state index in [4.69, 9.17) is 31.2 Å². The number of hydrogen-bond donors (Lipinski definition) is 17. The van der Waals surface area contributed by atoms with Crippen molar-refractivity contribution in [1.82, 2.24) is 37.2 Å². The number of para-hydroxylation sites is 2. The largest absolute Gasteiger partial charge is 0.481 e. The van der Waals surface area contributed by atoms with Crippen molar-refractivity contribution in [3.63, 3.8) is 0 Å². The number of Topliss-reactive ketones (excluding diaryl/α,β-unsaturated/α-hetero) is 4. The molecule has 0 saturated heterocycles. The van der Waals surface area contributed by atoms with Gasteiger partial charge >= 0.3 is 11.9 Å². The highest BCUT2D eigenvalue weighted by Crippen LogP contribution is 2.41. The molecule has 7 aromatic rings.